The van der Waals surface area contributed by atoms with Gasteiger partial charge in [-0.25, -0.2) is 4.98 Å². The molecule has 2 aliphatic heterocycles. The van der Waals surface area contributed by atoms with Gasteiger partial charge in [0, 0.05) is 50.2 Å². The third-order valence-electron chi connectivity index (χ3n) is 5.02. The molecule has 0 aliphatic carbocycles. The summed E-state index contributed by atoms with van der Waals surface area (Å²) < 4.78 is 11.8. The Balaban J connectivity index is 1.27. The molecule has 0 spiro atoms. The summed E-state index contributed by atoms with van der Waals surface area (Å²) in [5.41, 5.74) is 1.27. The van der Waals surface area contributed by atoms with Crippen molar-refractivity contribution in [3.8, 4) is 5.88 Å². The molecule has 2 aromatic heterocycles. The standard InChI is InChI=1S/C19H23N3O2/c1-2-8-21-19(5-1)23-9-6-16-14-24-18-13-22(12-17(16)18)11-15-4-3-7-20-10-15/h1-5,7-8,10,16-18H,6,9,11-14H2/t16-,17-,18-/m0/s1. The molecule has 126 valence electrons. The van der Waals surface area contributed by atoms with Gasteiger partial charge in [-0.3, -0.25) is 9.88 Å². The van der Waals surface area contributed by atoms with E-state index in [1.807, 2.05) is 36.7 Å². The summed E-state index contributed by atoms with van der Waals surface area (Å²) in [6.07, 6.45) is 6.94. The van der Waals surface area contributed by atoms with Crippen LogP contribution in [0.15, 0.2) is 48.9 Å². The molecule has 3 atom stereocenters. The Morgan fingerprint density at radius 3 is 3.00 bits per heavy atom. The first-order chi connectivity index (χ1) is 11.9. The second-order valence-electron chi connectivity index (χ2n) is 6.66. The highest BCUT2D eigenvalue weighted by atomic mass is 16.5. The Hall–Kier alpha value is -1.98. The van der Waals surface area contributed by atoms with E-state index >= 15 is 0 Å². The summed E-state index contributed by atoms with van der Waals surface area (Å²) in [5, 5.41) is 0. The van der Waals surface area contributed by atoms with Crippen LogP contribution in [-0.2, 0) is 11.3 Å². The average molecular weight is 325 g/mol. The van der Waals surface area contributed by atoms with Crippen LogP contribution in [0.3, 0.4) is 0 Å². The van der Waals surface area contributed by atoms with E-state index in [2.05, 4.69) is 20.9 Å². The third kappa shape index (κ3) is 3.57. The molecule has 0 N–H and O–H groups in total. The number of rotatable bonds is 6. The molecule has 2 aliphatic rings. The monoisotopic (exact) mass is 325 g/mol. The molecule has 4 rings (SSSR count). The second kappa shape index (κ2) is 7.28. The maximum absolute atomic E-state index is 6.03. The molecule has 0 amide bonds. The molecule has 0 unspecified atom stereocenters. The van der Waals surface area contributed by atoms with Crippen LogP contribution in [0.1, 0.15) is 12.0 Å². The largest absolute Gasteiger partial charge is 0.478 e. The quantitative estimate of drug-likeness (QED) is 0.816. The molecule has 2 aromatic rings. The lowest BCUT2D eigenvalue weighted by atomic mass is 9.91. The van der Waals surface area contributed by atoms with Gasteiger partial charge in [0.25, 0.3) is 0 Å². The molecule has 0 bridgehead atoms. The Bertz CT molecular complexity index is 638. The minimum atomic E-state index is 0.376. The zero-order valence-corrected chi connectivity index (χ0v) is 13.8. The van der Waals surface area contributed by atoms with Crippen LogP contribution in [0.4, 0.5) is 0 Å². The number of likely N-dealkylation sites (tertiary alicyclic amines) is 1. The Kier molecular flexibility index (Phi) is 4.71. The Morgan fingerprint density at radius 2 is 2.17 bits per heavy atom. The molecule has 4 heterocycles. The number of ether oxygens (including phenoxy) is 2. The van der Waals surface area contributed by atoms with Crippen molar-refractivity contribution >= 4 is 0 Å². The number of fused-ring (bicyclic) bond motifs is 1. The fourth-order valence-electron chi connectivity index (χ4n) is 3.80. The van der Waals surface area contributed by atoms with Crippen LogP contribution < -0.4 is 4.74 Å². The van der Waals surface area contributed by atoms with Gasteiger partial charge in [0.2, 0.25) is 5.88 Å². The van der Waals surface area contributed by atoms with Crippen molar-refractivity contribution in [3.63, 3.8) is 0 Å². The lowest BCUT2D eigenvalue weighted by Gasteiger charge is -2.19. The van der Waals surface area contributed by atoms with E-state index in [0.29, 0.717) is 30.4 Å². The first-order valence-electron chi connectivity index (χ1n) is 8.65. The lowest BCUT2D eigenvalue weighted by Crippen LogP contribution is -2.24. The van der Waals surface area contributed by atoms with Crippen molar-refractivity contribution in [1.29, 1.82) is 0 Å². The van der Waals surface area contributed by atoms with Gasteiger partial charge in [-0.15, -0.1) is 0 Å². The van der Waals surface area contributed by atoms with E-state index in [9.17, 15) is 0 Å². The summed E-state index contributed by atoms with van der Waals surface area (Å²) in [4.78, 5) is 10.9. The van der Waals surface area contributed by atoms with Crippen LogP contribution >= 0.6 is 0 Å². The number of hydrogen-bond acceptors (Lipinski definition) is 5. The zero-order chi connectivity index (χ0) is 16.2. The fraction of sp³-hybridized carbons (Fsp3) is 0.474. The van der Waals surface area contributed by atoms with E-state index in [0.717, 1.165) is 32.7 Å². The Morgan fingerprint density at radius 1 is 1.17 bits per heavy atom. The van der Waals surface area contributed by atoms with Crippen molar-refractivity contribution < 1.29 is 9.47 Å². The summed E-state index contributed by atoms with van der Waals surface area (Å²) in [5.74, 6) is 1.91. The molecule has 0 aromatic carbocycles. The number of nitrogens with zero attached hydrogens (tertiary/aromatic N) is 3. The molecular formula is C19H23N3O2. The molecule has 0 saturated carbocycles. The number of pyridine rings is 2. The molecule has 2 saturated heterocycles. The SMILES string of the molecule is c1ccc(OCC[C@H]2CO[C@H]3CN(Cc4cccnc4)C[C@@H]23)nc1. The van der Waals surface area contributed by atoms with Gasteiger partial charge < -0.3 is 9.47 Å². The van der Waals surface area contributed by atoms with E-state index in [-0.39, 0.29) is 0 Å². The topological polar surface area (TPSA) is 47.5 Å². The minimum absolute atomic E-state index is 0.376. The van der Waals surface area contributed by atoms with Crippen LogP contribution in [-0.4, -0.2) is 47.3 Å². The minimum Gasteiger partial charge on any atom is -0.478 e. The van der Waals surface area contributed by atoms with Gasteiger partial charge in [-0.1, -0.05) is 12.1 Å². The molecule has 2 fully saturated rings. The third-order valence-corrected chi connectivity index (χ3v) is 5.02. The van der Waals surface area contributed by atoms with Crippen molar-refractivity contribution in [2.75, 3.05) is 26.3 Å². The van der Waals surface area contributed by atoms with Gasteiger partial charge in [0.05, 0.1) is 19.3 Å². The van der Waals surface area contributed by atoms with Crippen molar-refractivity contribution in [2.24, 2.45) is 11.8 Å². The van der Waals surface area contributed by atoms with Gasteiger partial charge in [0.15, 0.2) is 0 Å². The van der Waals surface area contributed by atoms with Crippen molar-refractivity contribution in [1.82, 2.24) is 14.9 Å². The predicted octanol–water partition coefficient (Wildman–Crippen LogP) is 2.39. The molecule has 24 heavy (non-hydrogen) atoms. The summed E-state index contributed by atoms with van der Waals surface area (Å²) >= 11 is 0. The zero-order valence-electron chi connectivity index (χ0n) is 13.8. The molecule has 5 nitrogen and oxygen atoms in total. The fourth-order valence-corrected chi connectivity index (χ4v) is 3.80. The molecular weight excluding hydrogens is 302 g/mol. The van der Waals surface area contributed by atoms with E-state index < -0.39 is 0 Å². The number of aromatic nitrogens is 2. The highest BCUT2D eigenvalue weighted by Crippen LogP contribution is 2.36. The number of hydrogen-bond donors (Lipinski definition) is 0. The van der Waals surface area contributed by atoms with Crippen LogP contribution in [0.25, 0.3) is 0 Å². The van der Waals surface area contributed by atoms with Gasteiger partial charge in [-0.05, 0) is 30.0 Å². The summed E-state index contributed by atoms with van der Waals surface area (Å²) in [6, 6.07) is 9.89. The van der Waals surface area contributed by atoms with Gasteiger partial charge in [-0.2, -0.15) is 0 Å². The summed E-state index contributed by atoms with van der Waals surface area (Å²) in [7, 11) is 0. The maximum Gasteiger partial charge on any atom is 0.213 e. The van der Waals surface area contributed by atoms with Crippen LogP contribution in [0, 0.1) is 11.8 Å². The highest BCUT2D eigenvalue weighted by Gasteiger charge is 2.43. The normalized spacial score (nSPS) is 26.4. The van der Waals surface area contributed by atoms with E-state index in [1.54, 1.807) is 6.20 Å². The first kappa shape index (κ1) is 15.5. The predicted molar refractivity (Wildman–Crippen MR) is 90.6 cm³/mol. The lowest BCUT2D eigenvalue weighted by molar-refractivity contribution is 0.0922. The first-order valence-corrected chi connectivity index (χ1v) is 8.65. The van der Waals surface area contributed by atoms with Gasteiger partial charge in [0.1, 0.15) is 0 Å². The van der Waals surface area contributed by atoms with E-state index in [4.69, 9.17) is 9.47 Å². The molecule has 5 heteroatoms. The van der Waals surface area contributed by atoms with Crippen LogP contribution in [0.2, 0.25) is 0 Å². The average Bonchev–Trinajstić information content (AvgIpc) is 3.18. The van der Waals surface area contributed by atoms with Crippen LogP contribution in [0.5, 0.6) is 5.88 Å². The Labute approximate surface area is 142 Å². The van der Waals surface area contributed by atoms with Gasteiger partial charge >= 0.3 is 0 Å². The summed E-state index contributed by atoms with van der Waals surface area (Å²) in [6.45, 7) is 4.66. The highest BCUT2D eigenvalue weighted by molar-refractivity contribution is 5.10. The second-order valence-corrected chi connectivity index (χ2v) is 6.66. The van der Waals surface area contributed by atoms with E-state index in [1.165, 1.54) is 5.56 Å². The molecule has 0 radical (unpaired) electrons. The smallest absolute Gasteiger partial charge is 0.213 e. The maximum atomic E-state index is 6.03. The van der Waals surface area contributed by atoms with Crippen molar-refractivity contribution in [3.05, 3.63) is 54.5 Å². The van der Waals surface area contributed by atoms with Crippen molar-refractivity contribution in [2.45, 2.75) is 19.1 Å².